The summed E-state index contributed by atoms with van der Waals surface area (Å²) in [4.78, 5) is 4.33. The van der Waals surface area contributed by atoms with Crippen LogP contribution in [0.25, 0.3) is 10.8 Å². The van der Waals surface area contributed by atoms with E-state index in [1.54, 1.807) is 6.20 Å². The molecular weight excluding hydrogens is 296 g/mol. The predicted octanol–water partition coefficient (Wildman–Crippen LogP) is 3.28. The molecule has 3 rings (SSSR count). The highest BCUT2D eigenvalue weighted by molar-refractivity contribution is 9.11. The Hall–Kier alpha value is -1.75. The van der Waals surface area contributed by atoms with Gasteiger partial charge in [-0.05, 0) is 23.6 Å². The molecule has 0 fully saturated rings. The van der Waals surface area contributed by atoms with E-state index >= 15 is 0 Å². The maximum absolute atomic E-state index is 5.38. The number of halogens is 1. The van der Waals surface area contributed by atoms with E-state index in [1.807, 2.05) is 18.2 Å². The summed E-state index contributed by atoms with van der Waals surface area (Å²) in [6, 6.07) is 5.86. The van der Waals surface area contributed by atoms with Gasteiger partial charge in [0.1, 0.15) is 5.82 Å². The first-order valence-corrected chi connectivity index (χ1v) is 6.29. The summed E-state index contributed by atoms with van der Waals surface area (Å²) < 4.78 is 11.6. The molecule has 18 heavy (non-hydrogen) atoms. The Bertz CT molecular complexity index is 628. The average molecular weight is 307 g/mol. The second kappa shape index (κ2) is 4.49. The summed E-state index contributed by atoms with van der Waals surface area (Å²) >= 11 is 3.32. The number of hydrogen-bond donors (Lipinski definition) is 1. The zero-order chi connectivity index (χ0) is 12.5. The van der Waals surface area contributed by atoms with Crippen LogP contribution in [0.5, 0.6) is 11.5 Å². The van der Waals surface area contributed by atoms with Crippen molar-refractivity contribution in [3.63, 3.8) is 0 Å². The molecule has 92 valence electrons. The van der Waals surface area contributed by atoms with Gasteiger partial charge in [-0.1, -0.05) is 22.5 Å². The normalized spacial score (nSPS) is 12.7. The summed E-state index contributed by atoms with van der Waals surface area (Å²) in [5.41, 5.74) is 0. The number of anilines is 1. The van der Waals surface area contributed by atoms with Crippen molar-refractivity contribution in [2.45, 2.75) is 0 Å². The quantitative estimate of drug-likeness (QED) is 0.945. The van der Waals surface area contributed by atoms with Crippen molar-refractivity contribution in [1.82, 2.24) is 4.98 Å². The van der Waals surface area contributed by atoms with Crippen LogP contribution in [0, 0.1) is 0 Å². The Morgan fingerprint density at radius 1 is 1.39 bits per heavy atom. The Balaban J connectivity index is 2.06. The number of nitrogens with one attached hydrogen (secondary N) is 1. The van der Waals surface area contributed by atoms with E-state index in [0.717, 1.165) is 32.6 Å². The number of nitrogens with zero attached hydrogens (tertiary/aromatic N) is 1. The number of rotatable bonds is 3. The fraction of sp³-hybridized carbons (Fsp3) is 0.154. The van der Waals surface area contributed by atoms with Gasteiger partial charge in [0.2, 0.25) is 6.79 Å². The largest absolute Gasteiger partial charge is 0.454 e. The molecule has 0 saturated carbocycles. The molecule has 0 atom stereocenters. The molecule has 0 radical (unpaired) electrons. The van der Waals surface area contributed by atoms with Crippen molar-refractivity contribution in [1.29, 1.82) is 0 Å². The molecule has 2 heterocycles. The van der Waals surface area contributed by atoms with Gasteiger partial charge in [-0.25, -0.2) is 4.98 Å². The highest BCUT2D eigenvalue weighted by atomic mass is 79.9. The maximum atomic E-state index is 5.38. The van der Waals surface area contributed by atoms with E-state index in [1.165, 1.54) is 0 Å². The summed E-state index contributed by atoms with van der Waals surface area (Å²) in [6.45, 7) is 4.69. The minimum Gasteiger partial charge on any atom is -0.454 e. The molecular formula is C13H11BrN2O2. The second-order valence-corrected chi connectivity index (χ2v) is 5.08. The van der Waals surface area contributed by atoms with Gasteiger partial charge in [0.05, 0.1) is 0 Å². The van der Waals surface area contributed by atoms with Gasteiger partial charge < -0.3 is 14.8 Å². The zero-order valence-corrected chi connectivity index (χ0v) is 11.2. The maximum Gasteiger partial charge on any atom is 0.231 e. The van der Waals surface area contributed by atoms with Crippen LogP contribution in [-0.2, 0) is 0 Å². The van der Waals surface area contributed by atoms with Crippen molar-refractivity contribution in [3.05, 3.63) is 35.5 Å². The second-order valence-electron chi connectivity index (χ2n) is 3.96. The molecule has 5 heteroatoms. The monoisotopic (exact) mass is 306 g/mol. The number of aromatic nitrogens is 1. The van der Waals surface area contributed by atoms with Crippen LogP contribution in [0.15, 0.2) is 35.5 Å². The van der Waals surface area contributed by atoms with E-state index in [2.05, 4.69) is 32.8 Å². The molecule has 0 bridgehead atoms. The van der Waals surface area contributed by atoms with Crippen molar-refractivity contribution in [2.75, 3.05) is 18.7 Å². The van der Waals surface area contributed by atoms with Crippen LogP contribution in [0.4, 0.5) is 5.82 Å². The first-order chi connectivity index (χ1) is 8.74. The lowest BCUT2D eigenvalue weighted by atomic mass is 10.1. The Kier molecular flexibility index (Phi) is 2.83. The molecule has 0 aliphatic carbocycles. The topological polar surface area (TPSA) is 43.4 Å². The summed E-state index contributed by atoms with van der Waals surface area (Å²) in [6.07, 6.45) is 1.77. The molecule has 4 nitrogen and oxygen atoms in total. The molecule has 1 N–H and O–H groups in total. The first kappa shape index (κ1) is 11.3. The lowest BCUT2D eigenvalue weighted by Crippen LogP contribution is -2.02. The number of hydrogen-bond acceptors (Lipinski definition) is 4. The van der Waals surface area contributed by atoms with Gasteiger partial charge in [0.15, 0.2) is 11.5 Å². The lowest BCUT2D eigenvalue weighted by molar-refractivity contribution is 0.174. The van der Waals surface area contributed by atoms with E-state index in [4.69, 9.17) is 9.47 Å². The smallest absolute Gasteiger partial charge is 0.231 e. The molecule has 0 unspecified atom stereocenters. The van der Waals surface area contributed by atoms with Crippen LogP contribution < -0.4 is 14.8 Å². The van der Waals surface area contributed by atoms with Crippen LogP contribution in [0.3, 0.4) is 0 Å². The highest BCUT2D eigenvalue weighted by Gasteiger charge is 2.15. The highest BCUT2D eigenvalue weighted by Crippen LogP contribution is 2.37. The van der Waals surface area contributed by atoms with E-state index in [-0.39, 0.29) is 6.79 Å². The molecule has 0 spiro atoms. The van der Waals surface area contributed by atoms with Crippen LogP contribution in [0.2, 0.25) is 0 Å². The number of benzene rings is 1. The van der Waals surface area contributed by atoms with Gasteiger partial charge in [-0.2, -0.15) is 0 Å². The van der Waals surface area contributed by atoms with Gasteiger partial charge in [0.25, 0.3) is 0 Å². The van der Waals surface area contributed by atoms with E-state index < -0.39 is 0 Å². The average Bonchev–Trinajstić information content (AvgIpc) is 2.80. The summed E-state index contributed by atoms with van der Waals surface area (Å²) in [5, 5.41) is 5.30. The van der Waals surface area contributed by atoms with Gasteiger partial charge in [-0.3, -0.25) is 0 Å². The zero-order valence-electron chi connectivity index (χ0n) is 9.57. The van der Waals surface area contributed by atoms with Gasteiger partial charge in [0, 0.05) is 22.6 Å². The van der Waals surface area contributed by atoms with Crippen LogP contribution >= 0.6 is 15.9 Å². The third-order valence-electron chi connectivity index (χ3n) is 2.71. The van der Waals surface area contributed by atoms with Crippen LogP contribution in [-0.4, -0.2) is 18.3 Å². The molecule has 0 saturated heterocycles. The van der Waals surface area contributed by atoms with Gasteiger partial charge >= 0.3 is 0 Å². The van der Waals surface area contributed by atoms with Crippen LogP contribution in [0.1, 0.15) is 0 Å². The molecule has 0 amide bonds. The standard InChI is InChI=1S/C13H11BrN2O2/c1-8(14)6-16-13-10-5-12-11(17-7-18-12)4-9(10)2-3-15-13/h2-5H,1,6-7H2,(H,15,16). The number of pyridine rings is 1. The third-order valence-corrected chi connectivity index (χ3v) is 2.99. The SMILES string of the molecule is C=C(Br)CNc1nccc2cc3c(cc12)OCO3. The Labute approximate surface area is 113 Å². The van der Waals surface area contributed by atoms with Crippen molar-refractivity contribution < 1.29 is 9.47 Å². The Morgan fingerprint density at radius 2 is 2.17 bits per heavy atom. The summed E-state index contributed by atoms with van der Waals surface area (Å²) in [7, 11) is 0. The molecule has 1 aromatic carbocycles. The van der Waals surface area contributed by atoms with Crippen molar-refractivity contribution in [3.8, 4) is 11.5 Å². The third kappa shape index (κ3) is 2.01. The van der Waals surface area contributed by atoms with E-state index in [0.29, 0.717) is 6.54 Å². The van der Waals surface area contributed by atoms with Crippen molar-refractivity contribution in [2.24, 2.45) is 0 Å². The predicted molar refractivity (Wildman–Crippen MR) is 74.4 cm³/mol. The number of fused-ring (bicyclic) bond motifs is 2. The lowest BCUT2D eigenvalue weighted by Gasteiger charge is -2.08. The molecule has 1 aliphatic rings. The van der Waals surface area contributed by atoms with Gasteiger partial charge in [-0.15, -0.1) is 0 Å². The van der Waals surface area contributed by atoms with E-state index in [9.17, 15) is 0 Å². The first-order valence-electron chi connectivity index (χ1n) is 5.49. The van der Waals surface area contributed by atoms with Crippen molar-refractivity contribution >= 4 is 32.5 Å². The minimum atomic E-state index is 0.278. The summed E-state index contributed by atoms with van der Waals surface area (Å²) in [5.74, 6) is 2.35. The molecule has 1 aromatic heterocycles. The fourth-order valence-electron chi connectivity index (χ4n) is 1.88. The fourth-order valence-corrected chi connectivity index (χ4v) is 2.02. The Morgan fingerprint density at radius 3 is 2.94 bits per heavy atom. The number of ether oxygens (including phenoxy) is 2. The molecule has 2 aromatic rings. The molecule has 1 aliphatic heterocycles. The minimum absolute atomic E-state index is 0.278.